The highest BCUT2D eigenvalue weighted by atomic mass is 16.5. The van der Waals surface area contributed by atoms with Gasteiger partial charge in [0.25, 0.3) is 5.91 Å². The SMILES string of the molecule is Cc1cccc(CN2CCN(C(=O)COC(=O)c3cccc(OCc4c(C)noc4C)c3)CC2)c1. The number of carbonyl (C=O) groups excluding carboxylic acids is 2. The predicted molar refractivity (Wildman–Crippen MR) is 130 cm³/mol. The zero-order valence-electron chi connectivity index (χ0n) is 20.5. The molecule has 4 rings (SSSR count). The molecule has 35 heavy (non-hydrogen) atoms. The molecule has 0 spiro atoms. The van der Waals surface area contributed by atoms with Gasteiger partial charge in [-0.3, -0.25) is 9.69 Å². The van der Waals surface area contributed by atoms with Gasteiger partial charge >= 0.3 is 5.97 Å². The summed E-state index contributed by atoms with van der Waals surface area (Å²) in [5.74, 6) is 0.488. The average Bonchev–Trinajstić information content (AvgIpc) is 3.18. The van der Waals surface area contributed by atoms with Crippen molar-refractivity contribution in [2.75, 3.05) is 32.8 Å². The topological polar surface area (TPSA) is 85.1 Å². The van der Waals surface area contributed by atoms with Gasteiger partial charge in [0.15, 0.2) is 6.61 Å². The van der Waals surface area contributed by atoms with Crippen LogP contribution in [0, 0.1) is 20.8 Å². The third kappa shape index (κ3) is 6.48. The molecular formula is C27H31N3O5. The molecule has 8 heteroatoms. The predicted octanol–water partition coefficient (Wildman–Crippen LogP) is 3.68. The summed E-state index contributed by atoms with van der Waals surface area (Å²) < 4.78 is 16.2. The Labute approximate surface area is 205 Å². The summed E-state index contributed by atoms with van der Waals surface area (Å²) in [6.45, 7) is 9.46. The van der Waals surface area contributed by atoms with Crippen molar-refractivity contribution in [3.8, 4) is 5.75 Å². The van der Waals surface area contributed by atoms with Crippen LogP contribution in [0.25, 0.3) is 0 Å². The number of piperazine rings is 1. The van der Waals surface area contributed by atoms with Crippen LogP contribution >= 0.6 is 0 Å². The maximum Gasteiger partial charge on any atom is 0.338 e. The van der Waals surface area contributed by atoms with E-state index in [2.05, 4.69) is 41.2 Å². The van der Waals surface area contributed by atoms with Crippen LogP contribution in [-0.2, 0) is 22.7 Å². The van der Waals surface area contributed by atoms with Crippen LogP contribution in [0.15, 0.2) is 53.1 Å². The van der Waals surface area contributed by atoms with E-state index in [1.807, 2.05) is 13.8 Å². The minimum absolute atomic E-state index is 0.181. The van der Waals surface area contributed by atoms with Crippen molar-refractivity contribution in [1.82, 2.24) is 15.0 Å². The summed E-state index contributed by atoms with van der Waals surface area (Å²) in [5.41, 5.74) is 4.50. The molecule has 8 nitrogen and oxygen atoms in total. The van der Waals surface area contributed by atoms with Crippen molar-refractivity contribution < 1.29 is 23.6 Å². The number of aromatic nitrogens is 1. The van der Waals surface area contributed by atoms with Gasteiger partial charge in [-0.2, -0.15) is 0 Å². The van der Waals surface area contributed by atoms with Crippen LogP contribution in [0.3, 0.4) is 0 Å². The molecule has 2 aromatic carbocycles. The lowest BCUT2D eigenvalue weighted by Gasteiger charge is -2.34. The number of esters is 1. The highest BCUT2D eigenvalue weighted by molar-refractivity contribution is 5.91. The highest BCUT2D eigenvalue weighted by Gasteiger charge is 2.22. The van der Waals surface area contributed by atoms with Crippen molar-refractivity contribution in [3.63, 3.8) is 0 Å². The average molecular weight is 478 g/mol. The normalized spacial score (nSPS) is 14.1. The number of hydrogen-bond donors (Lipinski definition) is 0. The molecule has 2 heterocycles. The molecule has 3 aromatic rings. The number of ether oxygens (including phenoxy) is 2. The summed E-state index contributed by atoms with van der Waals surface area (Å²) in [4.78, 5) is 29.2. The smallest absolute Gasteiger partial charge is 0.338 e. The van der Waals surface area contributed by atoms with E-state index >= 15 is 0 Å². The van der Waals surface area contributed by atoms with Crippen LogP contribution in [0.5, 0.6) is 5.75 Å². The standard InChI is InChI=1S/C27H31N3O5/c1-19-6-4-7-22(14-19)16-29-10-12-30(13-11-29)26(31)18-34-27(32)23-8-5-9-24(15-23)33-17-25-20(2)28-35-21(25)3/h4-9,14-15H,10-13,16-18H2,1-3H3. The molecule has 0 radical (unpaired) electrons. The van der Waals surface area contributed by atoms with Gasteiger partial charge < -0.3 is 18.9 Å². The minimum atomic E-state index is -0.556. The van der Waals surface area contributed by atoms with Crippen LogP contribution < -0.4 is 4.74 Å². The van der Waals surface area contributed by atoms with E-state index in [1.165, 1.54) is 11.1 Å². The minimum Gasteiger partial charge on any atom is -0.489 e. The lowest BCUT2D eigenvalue weighted by molar-refractivity contribution is -0.136. The van der Waals surface area contributed by atoms with Gasteiger partial charge in [-0.25, -0.2) is 4.79 Å². The zero-order valence-corrected chi connectivity index (χ0v) is 20.5. The summed E-state index contributed by atoms with van der Waals surface area (Å²) in [6, 6.07) is 15.2. The maximum atomic E-state index is 12.6. The molecule has 1 amide bonds. The monoisotopic (exact) mass is 477 g/mol. The molecule has 0 aliphatic carbocycles. The van der Waals surface area contributed by atoms with Gasteiger partial charge in [0, 0.05) is 32.7 Å². The van der Waals surface area contributed by atoms with E-state index < -0.39 is 5.97 Å². The van der Waals surface area contributed by atoms with Gasteiger partial charge in [-0.05, 0) is 44.5 Å². The molecule has 0 saturated carbocycles. The van der Waals surface area contributed by atoms with Gasteiger partial charge in [0.2, 0.25) is 0 Å². The van der Waals surface area contributed by atoms with Crippen molar-refractivity contribution in [2.45, 2.75) is 33.9 Å². The Bertz CT molecular complexity index is 1160. The molecule has 0 bridgehead atoms. The van der Waals surface area contributed by atoms with Crippen molar-refractivity contribution >= 4 is 11.9 Å². The Morgan fingerprint density at radius 1 is 1.00 bits per heavy atom. The molecule has 1 aliphatic heterocycles. The lowest BCUT2D eigenvalue weighted by atomic mass is 10.1. The first kappa shape index (κ1) is 24.5. The van der Waals surface area contributed by atoms with E-state index in [9.17, 15) is 9.59 Å². The first-order valence-electron chi connectivity index (χ1n) is 11.8. The maximum absolute atomic E-state index is 12.6. The van der Waals surface area contributed by atoms with E-state index in [0.29, 0.717) is 30.2 Å². The quantitative estimate of drug-likeness (QED) is 0.458. The highest BCUT2D eigenvalue weighted by Crippen LogP contribution is 2.19. The number of amides is 1. The summed E-state index contributed by atoms with van der Waals surface area (Å²) >= 11 is 0. The fourth-order valence-corrected chi connectivity index (χ4v) is 4.10. The Hall–Kier alpha value is -3.65. The summed E-state index contributed by atoms with van der Waals surface area (Å²) in [6.07, 6.45) is 0. The largest absolute Gasteiger partial charge is 0.489 e. The molecule has 1 saturated heterocycles. The Kier molecular flexibility index (Phi) is 7.82. The lowest BCUT2D eigenvalue weighted by Crippen LogP contribution is -2.49. The number of nitrogens with zero attached hydrogens (tertiary/aromatic N) is 3. The second-order valence-electron chi connectivity index (χ2n) is 8.84. The van der Waals surface area contributed by atoms with Crippen LogP contribution in [-0.4, -0.2) is 59.6 Å². The second-order valence-corrected chi connectivity index (χ2v) is 8.84. The second kappa shape index (κ2) is 11.2. The number of hydrogen-bond acceptors (Lipinski definition) is 7. The van der Waals surface area contributed by atoms with Crippen molar-refractivity contribution in [1.29, 1.82) is 0 Å². The third-order valence-corrected chi connectivity index (χ3v) is 6.17. The van der Waals surface area contributed by atoms with Gasteiger partial charge in [-0.15, -0.1) is 0 Å². The van der Waals surface area contributed by atoms with E-state index in [4.69, 9.17) is 14.0 Å². The Morgan fingerprint density at radius 3 is 2.49 bits per heavy atom. The summed E-state index contributed by atoms with van der Waals surface area (Å²) in [5, 5.41) is 3.91. The van der Waals surface area contributed by atoms with Crippen LogP contribution in [0.2, 0.25) is 0 Å². The first-order chi connectivity index (χ1) is 16.9. The fraction of sp³-hybridized carbons (Fsp3) is 0.370. The van der Waals surface area contributed by atoms with Crippen molar-refractivity contribution in [3.05, 3.63) is 82.2 Å². The number of aryl methyl sites for hydroxylation is 3. The molecule has 1 aliphatic rings. The van der Waals surface area contributed by atoms with E-state index in [0.717, 1.165) is 30.9 Å². The number of benzene rings is 2. The van der Waals surface area contributed by atoms with E-state index in [1.54, 1.807) is 29.2 Å². The summed E-state index contributed by atoms with van der Waals surface area (Å²) in [7, 11) is 0. The fourth-order valence-electron chi connectivity index (χ4n) is 4.10. The van der Waals surface area contributed by atoms with Gasteiger partial charge in [0.05, 0.1) is 16.8 Å². The zero-order chi connectivity index (χ0) is 24.8. The molecule has 1 fully saturated rings. The van der Waals surface area contributed by atoms with E-state index in [-0.39, 0.29) is 19.1 Å². The molecule has 1 aromatic heterocycles. The molecule has 184 valence electrons. The Morgan fingerprint density at radius 2 is 1.77 bits per heavy atom. The molecule has 0 atom stereocenters. The van der Waals surface area contributed by atoms with Crippen LogP contribution in [0.1, 0.15) is 38.5 Å². The molecule has 0 N–H and O–H groups in total. The number of carbonyl (C=O) groups is 2. The van der Waals surface area contributed by atoms with Gasteiger partial charge in [0.1, 0.15) is 18.1 Å². The van der Waals surface area contributed by atoms with Gasteiger partial charge in [-0.1, -0.05) is 41.1 Å². The number of rotatable bonds is 8. The first-order valence-corrected chi connectivity index (χ1v) is 11.8. The Balaban J connectivity index is 1.23. The molecule has 0 unspecified atom stereocenters. The third-order valence-electron chi connectivity index (χ3n) is 6.17. The van der Waals surface area contributed by atoms with Crippen LogP contribution in [0.4, 0.5) is 0 Å². The molecular weight excluding hydrogens is 446 g/mol. The van der Waals surface area contributed by atoms with Crippen molar-refractivity contribution in [2.24, 2.45) is 0 Å².